The molecule has 0 saturated carbocycles. The predicted octanol–water partition coefficient (Wildman–Crippen LogP) is 1.95. The van der Waals surface area contributed by atoms with Crippen LogP contribution in [-0.4, -0.2) is 44.8 Å². The lowest BCUT2D eigenvalue weighted by molar-refractivity contribution is -0.154. The van der Waals surface area contributed by atoms with Crippen LogP contribution in [0.5, 0.6) is 0 Å². The number of hydrogen-bond acceptors (Lipinski definition) is 3. The maximum absolute atomic E-state index is 12.6. The molecule has 6 heteroatoms. The molecule has 1 aliphatic heterocycles. The molecule has 1 amide bonds. The van der Waals surface area contributed by atoms with Crippen molar-refractivity contribution >= 4 is 11.9 Å². The zero-order chi connectivity index (χ0) is 16.4. The Kier molecular flexibility index (Phi) is 4.24. The number of nitrogens with zero attached hydrogens (tertiary/aromatic N) is 3. The summed E-state index contributed by atoms with van der Waals surface area (Å²) in [6.45, 7) is 2.85. The second kappa shape index (κ2) is 6.18. The number of aryl methyl sites for hydroxylation is 1. The summed E-state index contributed by atoms with van der Waals surface area (Å²) in [7, 11) is 0. The molecule has 1 N–H and O–H groups in total. The number of allylic oxidation sites excluding steroid dienone is 2. The van der Waals surface area contributed by atoms with Crippen molar-refractivity contribution in [1.29, 1.82) is 0 Å². The average molecular weight is 317 g/mol. The number of likely N-dealkylation sites (tertiary alicyclic amines) is 1. The second-order valence-electron chi connectivity index (χ2n) is 6.61. The highest BCUT2D eigenvalue weighted by molar-refractivity contribution is 5.81. The molecule has 0 aromatic carbocycles. The molecular formula is C17H23N3O3. The van der Waals surface area contributed by atoms with Crippen LogP contribution in [0.25, 0.3) is 0 Å². The van der Waals surface area contributed by atoms with E-state index in [-0.39, 0.29) is 11.8 Å². The second-order valence-corrected chi connectivity index (χ2v) is 6.61. The number of carbonyl (C=O) groups is 2. The molecule has 1 aromatic rings. The van der Waals surface area contributed by atoms with E-state index >= 15 is 0 Å². The number of carboxylic acid groups (broad SMARTS) is 1. The summed E-state index contributed by atoms with van der Waals surface area (Å²) >= 11 is 0. The maximum Gasteiger partial charge on any atom is 0.331 e. The first-order valence-corrected chi connectivity index (χ1v) is 8.22. The first-order chi connectivity index (χ1) is 11.0. The molecule has 0 spiro atoms. The maximum atomic E-state index is 12.6. The van der Waals surface area contributed by atoms with Gasteiger partial charge in [0.25, 0.3) is 0 Å². The van der Waals surface area contributed by atoms with Gasteiger partial charge >= 0.3 is 5.97 Å². The number of amides is 1. The van der Waals surface area contributed by atoms with Gasteiger partial charge in [0.2, 0.25) is 5.91 Å². The molecule has 0 radical (unpaired) electrons. The number of piperidine rings is 1. The fourth-order valence-corrected chi connectivity index (χ4v) is 3.56. The third-order valence-corrected chi connectivity index (χ3v) is 5.07. The van der Waals surface area contributed by atoms with E-state index in [1.807, 2.05) is 11.8 Å². The molecule has 1 aromatic heterocycles. The number of rotatable bonds is 3. The molecule has 1 atom stereocenters. The van der Waals surface area contributed by atoms with E-state index in [9.17, 15) is 14.7 Å². The molecule has 0 bridgehead atoms. The summed E-state index contributed by atoms with van der Waals surface area (Å²) in [5, 5.41) is 14.0. The topological polar surface area (TPSA) is 75.4 Å². The minimum absolute atomic E-state index is 0.0595. The third kappa shape index (κ3) is 2.90. The van der Waals surface area contributed by atoms with E-state index in [1.165, 1.54) is 0 Å². The Hall–Kier alpha value is -2.11. The van der Waals surface area contributed by atoms with Crippen LogP contribution in [0.15, 0.2) is 24.5 Å². The van der Waals surface area contributed by atoms with Crippen LogP contribution in [0.4, 0.5) is 0 Å². The van der Waals surface area contributed by atoms with Crippen LogP contribution in [0.3, 0.4) is 0 Å². The van der Waals surface area contributed by atoms with Crippen molar-refractivity contribution in [2.45, 2.75) is 44.6 Å². The first kappa shape index (κ1) is 15.8. The van der Waals surface area contributed by atoms with E-state index in [2.05, 4.69) is 17.3 Å². The van der Waals surface area contributed by atoms with Crippen LogP contribution in [0.2, 0.25) is 0 Å². The van der Waals surface area contributed by atoms with Gasteiger partial charge in [-0.15, -0.1) is 0 Å². The Bertz CT molecular complexity index is 627. The van der Waals surface area contributed by atoms with Gasteiger partial charge in [0.05, 0.1) is 6.20 Å². The van der Waals surface area contributed by atoms with E-state index in [4.69, 9.17) is 0 Å². The number of hydrogen-bond donors (Lipinski definition) is 1. The van der Waals surface area contributed by atoms with Crippen LogP contribution in [-0.2, 0) is 15.1 Å². The largest absolute Gasteiger partial charge is 0.479 e. The smallest absolute Gasteiger partial charge is 0.331 e. The van der Waals surface area contributed by atoms with Gasteiger partial charge < -0.3 is 10.0 Å². The quantitative estimate of drug-likeness (QED) is 0.865. The summed E-state index contributed by atoms with van der Waals surface area (Å²) in [4.78, 5) is 26.3. The molecule has 1 fully saturated rings. The normalized spacial score (nSPS) is 23.7. The fraction of sp³-hybridized carbons (Fsp3) is 0.588. The first-order valence-electron chi connectivity index (χ1n) is 8.22. The van der Waals surface area contributed by atoms with E-state index in [0.717, 1.165) is 24.8 Å². The van der Waals surface area contributed by atoms with Gasteiger partial charge in [-0.1, -0.05) is 12.2 Å². The SMILES string of the molecule is Cc1cnn(C2(C(=O)O)CCN(C(=O)C3CC=CCC3)CC2)c1. The Morgan fingerprint density at radius 2 is 2.04 bits per heavy atom. The van der Waals surface area contributed by atoms with Gasteiger partial charge in [-0.25, -0.2) is 4.79 Å². The Balaban J connectivity index is 1.71. The summed E-state index contributed by atoms with van der Waals surface area (Å²) < 4.78 is 1.57. The van der Waals surface area contributed by atoms with Gasteiger partial charge in [-0.05, 0) is 31.7 Å². The summed E-state index contributed by atoms with van der Waals surface area (Å²) in [5.41, 5.74) is -0.0875. The standard InChI is InChI=1S/C17H23N3O3/c1-13-11-18-20(12-13)17(16(22)23)7-9-19(10-8-17)15(21)14-5-3-2-4-6-14/h2-3,11-12,14H,4-10H2,1H3,(H,22,23). The molecule has 124 valence electrons. The van der Waals surface area contributed by atoms with E-state index < -0.39 is 11.5 Å². The molecular weight excluding hydrogens is 294 g/mol. The molecule has 1 unspecified atom stereocenters. The molecule has 2 aliphatic rings. The van der Waals surface area contributed by atoms with Gasteiger partial charge in [0.1, 0.15) is 0 Å². The predicted molar refractivity (Wildman–Crippen MR) is 84.9 cm³/mol. The third-order valence-electron chi connectivity index (χ3n) is 5.07. The van der Waals surface area contributed by atoms with Crippen molar-refractivity contribution < 1.29 is 14.7 Å². The van der Waals surface area contributed by atoms with Crippen LogP contribution >= 0.6 is 0 Å². The van der Waals surface area contributed by atoms with Crippen molar-refractivity contribution in [2.24, 2.45) is 5.92 Å². The molecule has 23 heavy (non-hydrogen) atoms. The van der Waals surface area contributed by atoms with Gasteiger partial charge in [-0.3, -0.25) is 9.48 Å². The number of carboxylic acids is 1. The highest BCUT2D eigenvalue weighted by Gasteiger charge is 2.45. The Morgan fingerprint density at radius 1 is 1.30 bits per heavy atom. The fourth-order valence-electron chi connectivity index (χ4n) is 3.56. The van der Waals surface area contributed by atoms with Crippen molar-refractivity contribution in [3.05, 3.63) is 30.1 Å². The van der Waals surface area contributed by atoms with E-state index in [0.29, 0.717) is 25.9 Å². The lowest BCUT2D eigenvalue weighted by Crippen LogP contribution is -2.53. The van der Waals surface area contributed by atoms with Gasteiger partial charge in [0, 0.05) is 38.0 Å². The van der Waals surface area contributed by atoms with Crippen LogP contribution in [0, 0.1) is 12.8 Å². The zero-order valence-corrected chi connectivity index (χ0v) is 13.4. The van der Waals surface area contributed by atoms with E-state index in [1.54, 1.807) is 17.1 Å². The van der Waals surface area contributed by atoms with Gasteiger partial charge in [0.15, 0.2) is 5.54 Å². The van der Waals surface area contributed by atoms with Crippen molar-refractivity contribution in [3.63, 3.8) is 0 Å². The molecule has 6 nitrogen and oxygen atoms in total. The van der Waals surface area contributed by atoms with Crippen molar-refractivity contribution in [2.75, 3.05) is 13.1 Å². The Morgan fingerprint density at radius 3 is 2.57 bits per heavy atom. The molecule has 1 saturated heterocycles. The lowest BCUT2D eigenvalue weighted by Gasteiger charge is -2.40. The Labute approximate surface area is 135 Å². The molecule has 1 aliphatic carbocycles. The molecule has 2 heterocycles. The van der Waals surface area contributed by atoms with Crippen molar-refractivity contribution in [3.8, 4) is 0 Å². The van der Waals surface area contributed by atoms with Crippen molar-refractivity contribution in [1.82, 2.24) is 14.7 Å². The summed E-state index contributed by atoms with van der Waals surface area (Å²) in [6.07, 6.45) is 11.1. The summed E-state index contributed by atoms with van der Waals surface area (Å²) in [5.74, 6) is -0.637. The minimum atomic E-state index is -1.03. The molecule has 3 rings (SSSR count). The lowest BCUT2D eigenvalue weighted by atomic mass is 9.86. The minimum Gasteiger partial charge on any atom is -0.479 e. The monoisotopic (exact) mass is 317 g/mol. The average Bonchev–Trinajstić information content (AvgIpc) is 3.02. The summed E-state index contributed by atoms with van der Waals surface area (Å²) in [6, 6.07) is 0. The number of aromatic nitrogens is 2. The highest BCUT2D eigenvalue weighted by Crippen LogP contribution is 2.32. The van der Waals surface area contributed by atoms with Crippen LogP contribution < -0.4 is 0 Å². The van der Waals surface area contributed by atoms with Gasteiger partial charge in [-0.2, -0.15) is 5.10 Å². The number of aliphatic carboxylic acids is 1. The zero-order valence-electron chi connectivity index (χ0n) is 13.4. The van der Waals surface area contributed by atoms with Crippen LogP contribution in [0.1, 0.15) is 37.7 Å². The number of carbonyl (C=O) groups excluding carboxylic acids is 1. The highest BCUT2D eigenvalue weighted by atomic mass is 16.4.